The molecular formula is C13H13NO4S. The first-order chi connectivity index (χ1) is 9.07. The molecular weight excluding hydrogens is 266 g/mol. The average Bonchev–Trinajstić information content (AvgIpc) is 2.82. The summed E-state index contributed by atoms with van der Waals surface area (Å²) in [4.78, 5) is 13.9. The van der Waals surface area contributed by atoms with E-state index in [1.807, 2.05) is 18.2 Å². The van der Waals surface area contributed by atoms with E-state index >= 15 is 0 Å². The lowest BCUT2D eigenvalue weighted by atomic mass is 10.1. The van der Waals surface area contributed by atoms with Crippen molar-refractivity contribution in [2.45, 2.75) is 0 Å². The Labute approximate surface area is 110 Å². The summed E-state index contributed by atoms with van der Waals surface area (Å²) in [5, 5.41) is 0.765. The molecule has 0 atom stereocenters. The quantitative estimate of drug-likeness (QED) is 0.789. The molecule has 100 valence electrons. The highest BCUT2D eigenvalue weighted by molar-refractivity contribution is 7.91. The number of nitrogens with zero attached hydrogens (tertiary/aromatic N) is 1. The van der Waals surface area contributed by atoms with Crippen LogP contribution in [0.2, 0.25) is 0 Å². The Balaban J connectivity index is 1.89. The summed E-state index contributed by atoms with van der Waals surface area (Å²) < 4.78 is 28.1. The van der Waals surface area contributed by atoms with Crippen LogP contribution < -0.4 is 0 Å². The molecule has 2 heterocycles. The Bertz CT molecular complexity index is 718. The van der Waals surface area contributed by atoms with E-state index in [1.165, 1.54) is 6.26 Å². The van der Waals surface area contributed by atoms with Crippen molar-refractivity contribution in [3.8, 4) is 0 Å². The Morgan fingerprint density at radius 1 is 1.16 bits per heavy atom. The van der Waals surface area contributed by atoms with E-state index < -0.39 is 9.84 Å². The molecule has 0 saturated carbocycles. The minimum atomic E-state index is -2.98. The van der Waals surface area contributed by atoms with Gasteiger partial charge in [0, 0.05) is 18.5 Å². The van der Waals surface area contributed by atoms with Crippen LogP contribution in [0.15, 0.2) is 34.9 Å². The number of sulfone groups is 1. The number of carbonyl (C=O) groups is 1. The molecule has 1 saturated heterocycles. The number of hydrogen-bond acceptors (Lipinski definition) is 4. The van der Waals surface area contributed by atoms with E-state index in [0.29, 0.717) is 11.1 Å². The van der Waals surface area contributed by atoms with Gasteiger partial charge in [0.2, 0.25) is 0 Å². The predicted octanol–water partition coefficient (Wildman–Crippen LogP) is 1.30. The van der Waals surface area contributed by atoms with Crippen molar-refractivity contribution < 1.29 is 17.6 Å². The van der Waals surface area contributed by atoms with Gasteiger partial charge in [0.25, 0.3) is 5.91 Å². The van der Waals surface area contributed by atoms with Gasteiger partial charge in [-0.05, 0) is 6.07 Å². The summed E-state index contributed by atoms with van der Waals surface area (Å²) >= 11 is 0. The van der Waals surface area contributed by atoms with Gasteiger partial charge in [-0.3, -0.25) is 4.79 Å². The number of fused-ring (bicyclic) bond motifs is 1. The number of para-hydroxylation sites is 1. The normalized spacial score (nSPS) is 18.6. The average molecular weight is 279 g/mol. The third kappa shape index (κ3) is 2.23. The number of carbonyl (C=O) groups excluding carboxylic acids is 1. The monoisotopic (exact) mass is 279 g/mol. The van der Waals surface area contributed by atoms with E-state index in [1.54, 1.807) is 11.0 Å². The van der Waals surface area contributed by atoms with Crippen molar-refractivity contribution in [3.63, 3.8) is 0 Å². The molecule has 19 heavy (non-hydrogen) atoms. The van der Waals surface area contributed by atoms with Crippen molar-refractivity contribution in [1.29, 1.82) is 0 Å². The number of hydrogen-bond donors (Lipinski definition) is 0. The minimum absolute atomic E-state index is 0.0362. The molecule has 2 aromatic rings. The van der Waals surface area contributed by atoms with Crippen LogP contribution in [0, 0.1) is 0 Å². The zero-order valence-electron chi connectivity index (χ0n) is 10.2. The smallest absolute Gasteiger partial charge is 0.257 e. The van der Waals surface area contributed by atoms with Crippen LogP contribution in [0.25, 0.3) is 11.0 Å². The molecule has 6 heteroatoms. The van der Waals surface area contributed by atoms with E-state index in [0.717, 1.165) is 5.39 Å². The molecule has 1 aliphatic rings. The number of furan rings is 1. The second kappa shape index (κ2) is 4.38. The molecule has 1 aromatic carbocycles. The second-order valence-electron chi connectivity index (χ2n) is 4.59. The van der Waals surface area contributed by atoms with Crippen LogP contribution in [0.3, 0.4) is 0 Å². The number of benzene rings is 1. The zero-order valence-corrected chi connectivity index (χ0v) is 11.0. The number of rotatable bonds is 1. The molecule has 1 amide bonds. The standard InChI is InChI=1S/C13H13NO4S/c15-13(14-5-7-19(16,17)8-6-14)11-9-18-12-4-2-1-3-10(11)12/h1-4,9H,5-8H2. The van der Waals surface area contributed by atoms with Gasteiger partial charge in [-0.1, -0.05) is 18.2 Å². The maximum Gasteiger partial charge on any atom is 0.257 e. The Morgan fingerprint density at radius 2 is 1.84 bits per heavy atom. The molecule has 0 bridgehead atoms. The highest BCUT2D eigenvalue weighted by Crippen LogP contribution is 2.22. The maximum atomic E-state index is 12.4. The maximum absolute atomic E-state index is 12.4. The van der Waals surface area contributed by atoms with Crippen LogP contribution in [0.4, 0.5) is 0 Å². The van der Waals surface area contributed by atoms with Gasteiger partial charge in [-0.2, -0.15) is 0 Å². The summed E-state index contributed by atoms with van der Waals surface area (Å²) in [7, 11) is -2.98. The van der Waals surface area contributed by atoms with Crippen molar-refractivity contribution in [2.24, 2.45) is 0 Å². The van der Waals surface area contributed by atoms with Gasteiger partial charge in [0.05, 0.1) is 17.1 Å². The van der Waals surface area contributed by atoms with Crippen molar-refractivity contribution >= 4 is 26.7 Å². The number of amides is 1. The summed E-state index contributed by atoms with van der Waals surface area (Å²) in [6.07, 6.45) is 1.44. The lowest BCUT2D eigenvalue weighted by Gasteiger charge is -2.26. The Morgan fingerprint density at radius 3 is 2.58 bits per heavy atom. The lowest BCUT2D eigenvalue weighted by molar-refractivity contribution is 0.0771. The Kier molecular flexibility index (Phi) is 2.82. The molecule has 0 aliphatic carbocycles. The highest BCUT2D eigenvalue weighted by atomic mass is 32.2. The van der Waals surface area contributed by atoms with Crippen molar-refractivity contribution in [3.05, 3.63) is 36.1 Å². The molecule has 0 spiro atoms. The largest absolute Gasteiger partial charge is 0.463 e. The van der Waals surface area contributed by atoms with Crippen LogP contribution in [-0.2, 0) is 9.84 Å². The van der Waals surface area contributed by atoms with Crippen molar-refractivity contribution in [1.82, 2.24) is 4.90 Å². The first-order valence-corrected chi connectivity index (χ1v) is 7.85. The van der Waals surface area contributed by atoms with Gasteiger partial charge in [-0.15, -0.1) is 0 Å². The molecule has 0 unspecified atom stereocenters. The first-order valence-electron chi connectivity index (χ1n) is 6.03. The lowest BCUT2D eigenvalue weighted by Crippen LogP contribution is -2.43. The van der Waals surface area contributed by atoms with E-state index in [4.69, 9.17) is 4.42 Å². The fourth-order valence-corrected chi connectivity index (χ4v) is 3.43. The van der Waals surface area contributed by atoms with Gasteiger partial charge in [-0.25, -0.2) is 8.42 Å². The molecule has 1 aliphatic heterocycles. The fraction of sp³-hybridized carbons (Fsp3) is 0.308. The fourth-order valence-electron chi connectivity index (χ4n) is 2.23. The topological polar surface area (TPSA) is 67.6 Å². The van der Waals surface area contributed by atoms with Gasteiger partial charge >= 0.3 is 0 Å². The summed E-state index contributed by atoms with van der Waals surface area (Å²) in [6, 6.07) is 7.31. The summed E-state index contributed by atoms with van der Waals surface area (Å²) in [6.45, 7) is 0.501. The summed E-state index contributed by atoms with van der Waals surface area (Å²) in [5.74, 6) is -0.0943. The molecule has 3 rings (SSSR count). The second-order valence-corrected chi connectivity index (χ2v) is 6.89. The molecule has 1 fully saturated rings. The van der Waals surface area contributed by atoms with Crippen LogP contribution >= 0.6 is 0 Å². The molecule has 0 N–H and O–H groups in total. The highest BCUT2D eigenvalue weighted by Gasteiger charge is 2.27. The third-order valence-corrected chi connectivity index (χ3v) is 4.95. The predicted molar refractivity (Wildman–Crippen MR) is 70.8 cm³/mol. The van der Waals surface area contributed by atoms with Gasteiger partial charge < -0.3 is 9.32 Å². The van der Waals surface area contributed by atoms with Gasteiger partial charge in [0.1, 0.15) is 11.8 Å². The van der Waals surface area contributed by atoms with E-state index in [-0.39, 0.29) is 30.5 Å². The SMILES string of the molecule is O=C(c1coc2ccccc12)N1CCS(=O)(=O)CC1. The molecule has 0 radical (unpaired) electrons. The minimum Gasteiger partial charge on any atom is -0.463 e. The van der Waals surface area contributed by atoms with Crippen LogP contribution in [0.1, 0.15) is 10.4 Å². The van der Waals surface area contributed by atoms with E-state index in [9.17, 15) is 13.2 Å². The van der Waals surface area contributed by atoms with E-state index in [2.05, 4.69) is 0 Å². The molecule has 5 nitrogen and oxygen atoms in total. The third-order valence-electron chi connectivity index (χ3n) is 3.34. The zero-order chi connectivity index (χ0) is 13.5. The van der Waals surface area contributed by atoms with Crippen LogP contribution in [0.5, 0.6) is 0 Å². The van der Waals surface area contributed by atoms with Crippen LogP contribution in [-0.4, -0.2) is 43.8 Å². The first kappa shape index (κ1) is 12.2. The van der Waals surface area contributed by atoms with Crippen molar-refractivity contribution in [2.75, 3.05) is 24.6 Å². The van der Waals surface area contributed by atoms with Gasteiger partial charge in [0.15, 0.2) is 9.84 Å². The summed E-state index contributed by atoms with van der Waals surface area (Å²) in [5.41, 5.74) is 1.16. The Hall–Kier alpha value is -1.82. The molecule has 1 aromatic heterocycles.